The van der Waals surface area contributed by atoms with Crippen LogP contribution in [0.15, 0.2) is 18.3 Å². The summed E-state index contributed by atoms with van der Waals surface area (Å²) >= 11 is 1.94. The molecule has 2 unspecified atom stereocenters. The second-order valence-corrected chi connectivity index (χ2v) is 5.66. The number of ether oxygens (including phenoxy) is 2. The van der Waals surface area contributed by atoms with Gasteiger partial charge in [0.15, 0.2) is 0 Å². The molecule has 2 atom stereocenters. The van der Waals surface area contributed by atoms with Crippen LogP contribution in [0.3, 0.4) is 0 Å². The molecule has 0 amide bonds. The highest BCUT2D eigenvalue weighted by Crippen LogP contribution is 2.29. The molecule has 106 valence electrons. The standard InChI is InChI=1S/C14H22N2O2S/c1-3-6-15-14(12-10-19-9-8-18-12)13-11(17-2)5-4-7-16-13/h4-5,7,12,14-15H,3,6,8-10H2,1-2H3. The van der Waals surface area contributed by atoms with Gasteiger partial charge in [-0.2, -0.15) is 11.8 Å². The van der Waals surface area contributed by atoms with Gasteiger partial charge in [0.05, 0.1) is 25.9 Å². The minimum atomic E-state index is 0.101. The summed E-state index contributed by atoms with van der Waals surface area (Å²) in [6.07, 6.45) is 3.06. The summed E-state index contributed by atoms with van der Waals surface area (Å²) in [5.41, 5.74) is 0.950. The molecule has 4 nitrogen and oxygen atoms in total. The van der Waals surface area contributed by atoms with Crippen molar-refractivity contribution in [3.63, 3.8) is 0 Å². The predicted octanol–water partition coefficient (Wildman–Crippen LogP) is 2.26. The molecule has 1 saturated heterocycles. The largest absolute Gasteiger partial charge is 0.495 e. The van der Waals surface area contributed by atoms with Crippen LogP contribution in [0.5, 0.6) is 5.75 Å². The first kappa shape index (κ1) is 14.6. The third-order valence-electron chi connectivity index (χ3n) is 3.14. The number of nitrogens with one attached hydrogen (secondary N) is 1. The molecule has 1 aliphatic heterocycles. The van der Waals surface area contributed by atoms with E-state index in [9.17, 15) is 0 Å². The van der Waals surface area contributed by atoms with Crippen molar-refractivity contribution in [3.05, 3.63) is 24.0 Å². The van der Waals surface area contributed by atoms with Crippen LogP contribution in [0.25, 0.3) is 0 Å². The second kappa shape index (κ2) is 7.72. The fourth-order valence-corrected chi connectivity index (χ4v) is 3.11. The van der Waals surface area contributed by atoms with Crippen LogP contribution in [0.2, 0.25) is 0 Å². The van der Waals surface area contributed by atoms with Crippen LogP contribution in [0.1, 0.15) is 25.1 Å². The zero-order valence-electron chi connectivity index (χ0n) is 11.6. The van der Waals surface area contributed by atoms with E-state index < -0.39 is 0 Å². The van der Waals surface area contributed by atoms with E-state index in [-0.39, 0.29) is 12.1 Å². The van der Waals surface area contributed by atoms with E-state index in [2.05, 4.69) is 17.2 Å². The fourth-order valence-electron chi connectivity index (χ4n) is 2.21. The van der Waals surface area contributed by atoms with Crippen molar-refractivity contribution in [1.29, 1.82) is 0 Å². The third kappa shape index (κ3) is 3.84. The number of pyridine rings is 1. The average molecular weight is 282 g/mol. The molecule has 19 heavy (non-hydrogen) atoms. The lowest BCUT2D eigenvalue weighted by molar-refractivity contribution is 0.0450. The van der Waals surface area contributed by atoms with Crippen molar-refractivity contribution < 1.29 is 9.47 Å². The molecule has 5 heteroatoms. The van der Waals surface area contributed by atoms with Crippen molar-refractivity contribution in [2.75, 3.05) is 31.8 Å². The zero-order chi connectivity index (χ0) is 13.5. The Kier molecular flexibility index (Phi) is 5.94. The first-order chi connectivity index (χ1) is 9.36. The van der Waals surface area contributed by atoms with E-state index in [0.29, 0.717) is 0 Å². The van der Waals surface area contributed by atoms with Crippen LogP contribution in [-0.2, 0) is 4.74 Å². The Labute approximate surface area is 119 Å². The Balaban J connectivity index is 2.19. The lowest BCUT2D eigenvalue weighted by atomic mass is 10.1. The van der Waals surface area contributed by atoms with E-state index in [4.69, 9.17) is 9.47 Å². The molecule has 0 spiro atoms. The molecular formula is C14H22N2O2S. The number of thioether (sulfide) groups is 1. The Morgan fingerprint density at radius 3 is 3.21 bits per heavy atom. The van der Waals surface area contributed by atoms with Gasteiger partial charge in [-0.3, -0.25) is 4.98 Å². The lowest BCUT2D eigenvalue weighted by Gasteiger charge is -2.31. The van der Waals surface area contributed by atoms with Crippen LogP contribution in [0, 0.1) is 0 Å². The summed E-state index contributed by atoms with van der Waals surface area (Å²) in [6, 6.07) is 3.96. The fraction of sp³-hybridized carbons (Fsp3) is 0.643. The van der Waals surface area contributed by atoms with Crippen LogP contribution < -0.4 is 10.1 Å². The van der Waals surface area contributed by atoms with Crippen molar-refractivity contribution in [2.45, 2.75) is 25.5 Å². The maximum absolute atomic E-state index is 5.91. The van der Waals surface area contributed by atoms with Gasteiger partial charge >= 0.3 is 0 Å². The summed E-state index contributed by atoms with van der Waals surface area (Å²) in [4.78, 5) is 4.50. The Hall–Kier alpha value is -0.780. The van der Waals surface area contributed by atoms with E-state index in [1.807, 2.05) is 30.1 Å². The maximum atomic E-state index is 5.91. The molecule has 1 fully saturated rings. The molecule has 0 radical (unpaired) electrons. The summed E-state index contributed by atoms with van der Waals surface area (Å²) in [7, 11) is 1.69. The number of methoxy groups -OCH3 is 1. The van der Waals surface area contributed by atoms with Crippen molar-refractivity contribution in [2.24, 2.45) is 0 Å². The number of rotatable bonds is 6. The van der Waals surface area contributed by atoms with Crippen molar-refractivity contribution in [1.82, 2.24) is 10.3 Å². The highest BCUT2D eigenvalue weighted by atomic mass is 32.2. The molecule has 0 aromatic carbocycles. The third-order valence-corrected chi connectivity index (χ3v) is 4.16. The first-order valence-corrected chi connectivity index (χ1v) is 7.94. The molecule has 0 saturated carbocycles. The first-order valence-electron chi connectivity index (χ1n) is 6.78. The minimum Gasteiger partial charge on any atom is -0.495 e. The molecule has 2 rings (SSSR count). The van der Waals surface area contributed by atoms with Gasteiger partial charge in [-0.1, -0.05) is 6.92 Å². The van der Waals surface area contributed by atoms with Crippen LogP contribution in [-0.4, -0.2) is 42.9 Å². The van der Waals surface area contributed by atoms with Crippen LogP contribution >= 0.6 is 11.8 Å². The van der Waals surface area contributed by atoms with Gasteiger partial charge < -0.3 is 14.8 Å². The quantitative estimate of drug-likeness (QED) is 0.867. The summed E-state index contributed by atoms with van der Waals surface area (Å²) < 4.78 is 11.3. The highest BCUT2D eigenvalue weighted by molar-refractivity contribution is 7.99. The number of hydrogen-bond donors (Lipinski definition) is 1. The maximum Gasteiger partial charge on any atom is 0.142 e. The van der Waals surface area contributed by atoms with Crippen molar-refractivity contribution in [3.8, 4) is 5.75 Å². The molecule has 0 aliphatic carbocycles. The molecular weight excluding hydrogens is 260 g/mol. The van der Waals surface area contributed by atoms with E-state index in [1.165, 1.54) is 0 Å². The molecule has 1 aromatic heterocycles. The van der Waals surface area contributed by atoms with Crippen LogP contribution in [0.4, 0.5) is 0 Å². The van der Waals surface area contributed by atoms with E-state index >= 15 is 0 Å². The van der Waals surface area contributed by atoms with Gasteiger partial charge in [0.2, 0.25) is 0 Å². The molecule has 1 aliphatic rings. The van der Waals surface area contributed by atoms with E-state index in [1.54, 1.807) is 7.11 Å². The Morgan fingerprint density at radius 1 is 1.63 bits per heavy atom. The summed E-state index contributed by atoms with van der Waals surface area (Å²) in [6.45, 7) is 3.93. The Morgan fingerprint density at radius 2 is 2.53 bits per heavy atom. The van der Waals surface area contributed by atoms with Gasteiger partial charge in [-0.05, 0) is 25.1 Å². The zero-order valence-corrected chi connectivity index (χ0v) is 12.4. The summed E-state index contributed by atoms with van der Waals surface area (Å²) in [5, 5.41) is 3.55. The average Bonchev–Trinajstić information content (AvgIpc) is 2.49. The topological polar surface area (TPSA) is 43.4 Å². The minimum absolute atomic E-state index is 0.101. The van der Waals surface area contributed by atoms with Gasteiger partial charge in [0, 0.05) is 17.7 Å². The lowest BCUT2D eigenvalue weighted by Crippen LogP contribution is -2.39. The molecule has 1 N–H and O–H groups in total. The number of hydrogen-bond acceptors (Lipinski definition) is 5. The predicted molar refractivity (Wildman–Crippen MR) is 78.9 cm³/mol. The van der Waals surface area contributed by atoms with Crippen molar-refractivity contribution >= 4 is 11.8 Å². The Bertz CT molecular complexity index is 383. The second-order valence-electron chi connectivity index (χ2n) is 4.51. The number of aromatic nitrogens is 1. The van der Waals surface area contributed by atoms with Gasteiger partial charge in [0.25, 0.3) is 0 Å². The van der Waals surface area contributed by atoms with E-state index in [0.717, 1.165) is 42.5 Å². The molecule has 2 heterocycles. The highest BCUT2D eigenvalue weighted by Gasteiger charge is 2.29. The van der Waals surface area contributed by atoms with Gasteiger partial charge in [-0.15, -0.1) is 0 Å². The normalized spacial score (nSPS) is 21.1. The van der Waals surface area contributed by atoms with Gasteiger partial charge in [-0.25, -0.2) is 0 Å². The summed E-state index contributed by atoms with van der Waals surface area (Å²) in [5.74, 6) is 2.91. The van der Waals surface area contributed by atoms with Gasteiger partial charge in [0.1, 0.15) is 11.4 Å². The monoisotopic (exact) mass is 282 g/mol. The number of nitrogens with zero attached hydrogens (tertiary/aromatic N) is 1. The molecule has 1 aromatic rings. The SMILES string of the molecule is CCCNC(c1ncccc1OC)C1CSCCO1. The smallest absolute Gasteiger partial charge is 0.142 e. The molecule has 0 bridgehead atoms.